The van der Waals surface area contributed by atoms with E-state index in [2.05, 4.69) is 48.5 Å². The van der Waals surface area contributed by atoms with Crippen LogP contribution in [-0.2, 0) is 0 Å². The lowest BCUT2D eigenvalue weighted by molar-refractivity contribution is 0.0167. The van der Waals surface area contributed by atoms with Gasteiger partial charge in [-0.2, -0.15) is 0 Å². The SMILES string of the molecule is CCC1CCC(C(N)(CC)CC(C)(C)C2CCC(C)CC2C)C(C)C1. The summed E-state index contributed by atoms with van der Waals surface area (Å²) < 4.78 is 0. The van der Waals surface area contributed by atoms with Crippen molar-refractivity contribution < 1.29 is 0 Å². The van der Waals surface area contributed by atoms with E-state index in [1.807, 2.05) is 0 Å². The summed E-state index contributed by atoms with van der Waals surface area (Å²) in [6, 6.07) is 0. The van der Waals surface area contributed by atoms with Crippen LogP contribution in [0.5, 0.6) is 0 Å². The minimum atomic E-state index is 0.0322. The van der Waals surface area contributed by atoms with E-state index >= 15 is 0 Å². The first kappa shape index (κ1) is 21.3. The Morgan fingerprint density at radius 2 is 1.44 bits per heavy atom. The zero-order valence-corrected chi connectivity index (χ0v) is 18.4. The summed E-state index contributed by atoms with van der Waals surface area (Å²) in [7, 11) is 0. The number of rotatable bonds is 6. The van der Waals surface area contributed by atoms with Crippen molar-refractivity contribution in [2.45, 2.75) is 112 Å². The van der Waals surface area contributed by atoms with Gasteiger partial charge in [-0.05, 0) is 79.4 Å². The van der Waals surface area contributed by atoms with Crippen LogP contribution in [0.4, 0.5) is 0 Å². The second-order valence-electron chi connectivity index (χ2n) is 10.9. The highest BCUT2D eigenvalue weighted by Gasteiger charge is 2.46. The van der Waals surface area contributed by atoms with Crippen molar-refractivity contribution in [3.8, 4) is 0 Å². The summed E-state index contributed by atoms with van der Waals surface area (Å²) in [6.07, 6.45) is 12.1. The van der Waals surface area contributed by atoms with Gasteiger partial charge in [-0.3, -0.25) is 0 Å². The van der Waals surface area contributed by atoms with Gasteiger partial charge in [-0.1, -0.05) is 67.7 Å². The molecule has 2 aliphatic rings. The third kappa shape index (κ3) is 4.82. The Kier molecular flexibility index (Phi) is 7.08. The van der Waals surface area contributed by atoms with Crippen molar-refractivity contribution in [2.24, 2.45) is 46.7 Å². The molecule has 25 heavy (non-hydrogen) atoms. The molecule has 7 unspecified atom stereocenters. The Labute approximate surface area is 158 Å². The molecule has 0 heterocycles. The Balaban J connectivity index is 2.11. The monoisotopic (exact) mass is 349 g/mol. The van der Waals surface area contributed by atoms with E-state index in [0.29, 0.717) is 5.41 Å². The van der Waals surface area contributed by atoms with E-state index in [-0.39, 0.29) is 5.54 Å². The zero-order valence-electron chi connectivity index (χ0n) is 18.4. The number of hydrogen-bond donors (Lipinski definition) is 1. The van der Waals surface area contributed by atoms with Gasteiger partial charge >= 0.3 is 0 Å². The molecule has 0 saturated heterocycles. The second-order valence-corrected chi connectivity index (χ2v) is 10.9. The van der Waals surface area contributed by atoms with Crippen LogP contribution in [0.2, 0.25) is 0 Å². The molecule has 0 aromatic carbocycles. The van der Waals surface area contributed by atoms with Gasteiger partial charge in [-0.15, -0.1) is 0 Å². The van der Waals surface area contributed by atoms with Crippen molar-refractivity contribution >= 4 is 0 Å². The molecule has 7 atom stereocenters. The van der Waals surface area contributed by atoms with Gasteiger partial charge in [-0.25, -0.2) is 0 Å². The van der Waals surface area contributed by atoms with Crippen LogP contribution in [0.3, 0.4) is 0 Å². The molecule has 1 nitrogen and oxygen atoms in total. The molecule has 0 aromatic heterocycles. The summed E-state index contributed by atoms with van der Waals surface area (Å²) in [5.74, 6) is 5.08. The van der Waals surface area contributed by atoms with Crippen LogP contribution in [0.1, 0.15) is 106 Å². The molecule has 148 valence electrons. The summed E-state index contributed by atoms with van der Waals surface area (Å²) in [6.45, 7) is 17.2. The fraction of sp³-hybridized carbons (Fsp3) is 1.00. The molecule has 2 rings (SSSR count). The minimum Gasteiger partial charge on any atom is -0.325 e. The van der Waals surface area contributed by atoms with Crippen molar-refractivity contribution in [3.63, 3.8) is 0 Å². The topological polar surface area (TPSA) is 26.0 Å². The molecule has 1 heteroatoms. The molecule has 0 aliphatic heterocycles. The first-order valence-corrected chi connectivity index (χ1v) is 11.4. The molecular weight excluding hydrogens is 302 g/mol. The highest BCUT2D eigenvalue weighted by molar-refractivity contribution is 5.00. The highest BCUT2D eigenvalue weighted by Crippen LogP contribution is 2.51. The van der Waals surface area contributed by atoms with Crippen molar-refractivity contribution in [2.75, 3.05) is 0 Å². The standard InChI is InChI=1S/C24H47N/c1-8-20-11-13-22(19(5)15-20)24(25,9-2)16-23(6,7)21-12-10-17(3)14-18(21)4/h17-22H,8-16,25H2,1-7H3. The Bertz CT molecular complexity index is 414. The molecule has 0 radical (unpaired) electrons. The Morgan fingerprint density at radius 1 is 0.840 bits per heavy atom. The average Bonchev–Trinajstić information content (AvgIpc) is 2.53. The van der Waals surface area contributed by atoms with E-state index in [4.69, 9.17) is 5.73 Å². The fourth-order valence-electron chi connectivity index (χ4n) is 7.06. The van der Waals surface area contributed by atoms with Gasteiger partial charge < -0.3 is 5.73 Å². The summed E-state index contributed by atoms with van der Waals surface area (Å²) >= 11 is 0. The summed E-state index contributed by atoms with van der Waals surface area (Å²) in [4.78, 5) is 0. The lowest BCUT2D eigenvalue weighted by atomic mass is 9.56. The average molecular weight is 350 g/mol. The van der Waals surface area contributed by atoms with E-state index in [1.54, 1.807) is 0 Å². The van der Waals surface area contributed by atoms with Crippen LogP contribution < -0.4 is 5.73 Å². The molecular formula is C24H47N. The molecule has 2 aliphatic carbocycles. The van der Waals surface area contributed by atoms with Crippen molar-refractivity contribution in [1.82, 2.24) is 0 Å². The van der Waals surface area contributed by atoms with Crippen LogP contribution in [0.15, 0.2) is 0 Å². The van der Waals surface area contributed by atoms with Crippen LogP contribution in [0.25, 0.3) is 0 Å². The third-order valence-corrected chi connectivity index (χ3v) is 8.47. The Morgan fingerprint density at radius 3 is 1.96 bits per heavy atom. The van der Waals surface area contributed by atoms with E-state index in [9.17, 15) is 0 Å². The van der Waals surface area contributed by atoms with E-state index in [0.717, 1.165) is 41.9 Å². The quantitative estimate of drug-likeness (QED) is 0.546. The molecule has 2 N–H and O–H groups in total. The Hall–Kier alpha value is -0.0400. The first-order valence-electron chi connectivity index (χ1n) is 11.4. The number of hydrogen-bond acceptors (Lipinski definition) is 1. The normalized spacial score (nSPS) is 39.8. The van der Waals surface area contributed by atoms with E-state index in [1.165, 1.54) is 51.4 Å². The summed E-state index contributed by atoms with van der Waals surface area (Å²) in [5.41, 5.74) is 7.61. The maximum absolute atomic E-state index is 7.21. The molecule has 0 amide bonds. The molecule has 0 bridgehead atoms. The van der Waals surface area contributed by atoms with Crippen molar-refractivity contribution in [3.05, 3.63) is 0 Å². The highest BCUT2D eigenvalue weighted by atomic mass is 14.8. The predicted octanol–water partition coefficient (Wildman–Crippen LogP) is 7.04. The lowest BCUT2D eigenvalue weighted by Crippen LogP contribution is -2.54. The summed E-state index contributed by atoms with van der Waals surface area (Å²) in [5, 5.41) is 0. The van der Waals surface area contributed by atoms with Gasteiger partial charge in [0.15, 0.2) is 0 Å². The van der Waals surface area contributed by atoms with Gasteiger partial charge in [0.2, 0.25) is 0 Å². The maximum Gasteiger partial charge on any atom is 0.0188 e. The molecule has 0 aromatic rings. The fourth-order valence-corrected chi connectivity index (χ4v) is 7.06. The van der Waals surface area contributed by atoms with Crippen LogP contribution in [0, 0.1) is 40.9 Å². The molecule has 0 spiro atoms. The smallest absolute Gasteiger partial charge is 0.0188 e. The van der Waals surface area contributed by atoms with Gasteiger partial charge in [0, 0.05) is 5.54 Å². The van der Waals surface area contributed by atoms with E-state index < -0.39 is 0 Å². The minimum absolute atomic E-state index is 0.0322. The molecule has 2 saturated carbocycles. The van der Waals surface area contributed by atoms with Crippen molar-refractivity contribution in [1.29, 1.82) is 0 Å². The first-order chi connectivity index (χ1) is 11.6. The number of nitrogens with two attached hydrogens (primary N) is 1. The second kappa shape index (κ2) is 8.32. The largest absolute Gasteiger partial charge is 0.325 e. The van der Waals surface area contributed by atoms with Gasteiger partial charge in [0.05, 0.1) is 0 Å². The van der Waals surface area contributed by atoms with Gasteiger partial charge in [0.1, 0.15) is 0 Å². The maximum atomic E-state index is 7.21. The predicted molar refractivity (Wildman–Crippen MR) is 112 cm³/mol. The molecule has 2 fully saturated rings. The zero-order chi connectivity index (χ0) is 18.8. The van der Waals surface area contributed by atoms with Crippen LogP contribution in [-0.4, -0.2) is 5.54 Å². The van der Waals surface area contributed by atoms with Crippen LogP contribution >= 0.6 is 0 Å². The van der Waals surface area contributed by atoms with Gasteiger partial charge in [0.25, 0.3) is 0 Å². The third-order valence-electron chi connectivity index (χ3n) is 8.47. The lowest BCUT2D eigenvalue weighted by Gasteiger charge is -2.51.